The van der Waals surface area contributed by atoms with Gasteiger partial charge in [-0.05, 0) is 29.2 Å². The molecule has 0 saturated carbocycles. The third-order valence-corrected chi connectivity index (χ3v) is 5.68. The normalized spacial score (nSPS) is 16.0. The molecule has 1 N–H and O–H groups in total. The SMILES string of the molecule is CC(C)Cc1nnc(NC(=O)C2Cc3ccccc3CN2C(=O)c2ccco2)s1. The van der Waals surface area contributed by atoms with Gasteiger partial charge in [-0.15, -0.1) is 10.2 Å². The molecule has 2 amide bonds. The Morgan fingerprint density at radius 2 is 2.00 bits per heavy atom. The van der Waals surface area contributed by atoms with Gasteiger partial charge in [-0.2, -0.15) is 0 Å². The van der Waals surface area contributed by atoms with Crippen molar-refractivity contribution < 1.29 is 14.0 Å². The summed E-state index contributed by atoms with van der Waals surface area (Å²) in [6.45, 7) is 4.57. The minimum atomic E-state index is -0.653. The van der Waals surface area contributed by atoms with Crippen LogP contribution in [0.15, 0.2) is 47.1 Å². The molecule has 0 spiro atoms. The van der Waals surface area contributed by atoms with Crippen LogP contribution in [0.5, 0.6) is 0 Å². The molecule has 150 valence electrons. The zero-order valence-corrected chi connectivity index (χ0v) is 17.1. The van der Waals surface area contributed by atoms with Gasteiger partial charge in [-0.25, -0.2) is 0 Å². The summed E-state index contributed by atoms with van der Waals surface area (Å²) in [5.74, 6) is 0.106. The number of furan rings is 1. The number of hydrogen-bond donors (Lipinski definition) is 1. The van der Waals surface area contributed by atoms with Crippen LogP contribution in [0, 0.1) is 5.92 Å². The van der Waals surface area contributed by atoms with Crippen LogP contribution in [0.25, 0.3) is 0 Å². The molecule has 3 heterocycles. The lowest BCUT2D eigenvalue weighted by Crippen LogP contribution is -2.50. The predicted octanol–water partition coefficient (Wildman–Crippen LogP) is 3.54. The fraction of sp³-hybridized carbons (Fsp3) is 0.333. The highest BCUT2D eigenvalue weighted by Crippen LogP contribution is 2.27. The maximum absolute atomic E-state index is 13.1. The van der Waals surface area contributed by atoms with Crippen LogP contribution in [0.3, 0.4) is 0 Å². The van der Waals surface area contributed by atoms with Crippen LogP contribution < -0.4 is 5.32 Å². The van der Waals surface area contributed by atoms with E-state index >= 15 is 0 Å². The van der Waals surface area contributed by atoms with Crippen molar-refractivity contribution in [3.8, 4) is 0 Å². The Hall–Kier alpha value is -3.00. The third-order valence-electron chi connectivity index (χ3n) is 4.82. The van der Waals surface area contributed by atoms with Crippen molar-refractivity contribution in [2.75, 3.05) is 5.32 Å². The van der Waals surface area contributed by atoms with Crippen molar-refractivity contribution in [2.24, 2.45) is 5.92 Å². The lowest BCUT2D eigenvalue weighted by atomic mass is 9.93. The first kappa shape index (κ1) is 19.3. The summed E-state index contributed by atoms with van der Waals surface area (Å²) in [4.78, 5) is 27.6. The largest absolute Gasteiger partial charge is 0.459 e. The van der Waals surface area contributed by atoms with Gasteiger partial charge < -0.3 is 9.32 Å². The summed E-state index contributed by atoms with van der Waals surface area (Å²) in [5, 5.41) is 12.4. The summed E-state index contributed by atoms with van der Waals surface area (Å²) in [6, 6.07) is 10.5. The highest BCUT2D eigenvalue weighted by atomic mass is 32.1. The van der Waals surface area contributed by atoms with E-state index < -0.39 is 6.04 Å². The Bertz CT molecular complexity index is 1010. The summed E-state index contributed by atoms with van der Waals surface area (Å²) in [6.07, 6.45) is 2.71. The van der Waals surface area contributed by atoms with Gasteiger partial charge in [0, 0.05) is 19.4 Å². The van der Waals surface area contributed by atoms with Gasteiger partial charge in [0.2, 0.25) is 11.0 Å². The number of anilines is 1. The van der Waals surface area contributed by atoms with E-state index in [-0.39, 0.29) is 17.6 Å². The van der Waals surface area contributed by atoms with E-state index in [0.29, 0.717) is 24.0 Å². The Morgan fingerprint density at radius 3 is 2.72 bits per heavy atom. The number of amides is 2. The van der Waals surface area contributed by atoms with E-state index in [1.807, 2.05) is 24.3 Å². The quantitative estimate of drug-likeness (QED) is 0.695. The van der Waals surface area contributed by atoms with Gasteiger partial charge in [-0.1, -0.05) is 49.4 Å². The highest BCUT2D eigenvalue weighted by molar-refractivity contribution is 7.15. The number of carbonyl (C=O) groups is 2. The molecule has 0 bridgehead atoms. The fourth-order valence-electron chi connectivity index (χ4n) is 3.44. The first-order valence-corrected chi connectivity index (χ1v) is 10.4. The van der Waals surface area contributed by atoms with Gasteiger partial charge in [0.05, 0.1) is 6.26 Å². The molecule has 1 aliphatic rings. The molecular formula is C21H22N4O3S. The van der Waals surface area contributed by atoms with Gasteiger partial charge in [0.1, 0.15) is 11.0 Å². The number of fused-ring (bicyclic) bond motifs is 1. The standard InChI is InChI=1S/C21H22N4O3S/c1-13(2)10-18-23-24-21(29-18)22-19(26)16-11-14-6-3-4-7-15(14)12-25(16)20(27)17-8-5-9-28-17/h3-9,13,16H,10-12H2,1-2H3,(H,22,24,26). The minimum Gasteiger partial charge on any atom is -0.459 e. The Labute approximate surface area is 172 Å². The zero-order valence-electron chi connectivity index (χ0n) is 16.3. The minimum absolute atomic E-state index is 0.220. The molecule has 2 aromatic heterocycles. The summed E-state index contributed by atoms with van der Waals surface area (Å²) < 4.78 is 5.28. The summed E-state index contributed by atoms with van der Waals surface area (Å²) in [5.41, 5.74) is 2.10. The Kier molecular flexibility index (Phi) is 5.44. The molecule has 1 aromatic carbocycles. The number of hydrogen-bond acceptors (Lipinski definition) is 6. The van der Waals surface area contributed by atoms with Crippen LogP contribution in [-0.2, 0) is 24.2 Å². The van der Waals surface area contributed by atoms with Crippen LogP contribution in [0.1, 0.15) is 40.5 Å². The van der Waals surface area contributed by atoms with Crippen molar-refractivity contribution in [3.05, 3.63) is 64.6 Å². The van der Waals surface area contributed by atoms with Gasteiger partial charge in [0.25, 0.3) is 5.91 Å². The van der Waals surface area contributed by atoms with Crippen molar-refractivity contribution in [1.29, 1.82) is 0 Å². The molecule has 3 aromatic rings. The molecule has 1 atom stereocenters. The number of rotatable bonds is 5. The van der Waals surface area contributed by atoms with Crippen molar-refractivity contribution >= 4 is 28.3 Å². The Balaban J connectivity index is 1.57. The maximum atomic E-state index is 13.1. The Morgan fingerprint density at radius 1 is 1.21 bits per heavy atom. The third kappa shape index (κ3) is 4.22. The van der Waals surface area contributed by atoms with E-state index in [4.69, 9.17) is 4.42 Å². The molecule has 0 fully saturated rings. The molecule has 0 radical (unpaired) electrons. The van der Waals surface area contributed by atoms with Crippen LogP contribution in [0.4, 0.5) is 5.13 Å². The lowest BCUT2D eigenvalue weighted by Gasteiger charge is -2.35. The molecule has 8 heteroatoms. The second-order valence-electron chi connectivity index (χ2n) is 7.49. The molecule has 7 nitrogen and oxygen atoms in total. The first-order chi connectivity index (χ1) is 14.0. The number of carbonyl (C=O) groups excluding carboxylic acids is 2. The van der Waals surface area contributed by atoms with E-state index in [1.54, 1.807) is 17.0 Å². The van der Waals surface area contributed by atoms with Crippen LogP contribution in [0.2, 0.25) is 0 Å². The molecule has 1 unspecified atom stereocenters. The van der Waals surface area contributed by atoms with Gasteiger partial charge in [0.15, 0.2) is 5.76 Å². The number of nitrogens with zero attached hydrogens (tertiary/aromatic N) is 3. The average Bonchev–Trinajstić information content (AvgIpc) is 3.38. The molecule has 4 rings (SSSR count). The topological polar surface area (TPSA) is 88.3 Å². The van der Waals surface area contributed by atoms with E-state index in [0.717, 1.165) is 22.6 Å². The highest BCUT2D eigenvalue weighted by Gasteiger charge is 2.36. The van der Waals surface area contributed by atoms with E-state index in [2.05, 4.69) is 29.4 Å². The fourth-order valence-corrected chi connectivity index (χ4v) is 4.39. The van der Waals surface area contributed by atoms with Gasteiger partial charge in [-0.3, -0.25) is 14.9 Å². The van der Waals surface area contributed by atoms with Crippen LogP contribution in [-0.4, -0.2) is 33.0 Å². The molecular weight excluding hydrogens is 388 g/mol. The molecule has 1 aliphatic heterocycles. The van der Waals surface area contributed by atoms with Crippen molar-refractivity contribution in [2.45, 2.75) is 39.3 Å². The second kappa shape index (κ2) is 8.16. The van der Waals surface area contributed by atoms with Crippen LogP contribution >= 0.6 is 11.3 Å². The van der Waals surface area contributed by atoms with E-state index in [9.17, 15) is 9.59 Å². The molecule has 0 saturated heterocycles. The number of benzene rings is 1. The molecule has 0 aliphatic carbocycles. The number of nitrogens with one attached hydrogen (secondary N) is 1. The predicted molar refractivity (Wildman–Crippen MR) is 110 cm³/mol. The molecule has 29 heavy (non-hydrogen) atoms. The first-order valence-electron chi connectivity index (χ1n) is 9.55. The van der Waals surface area contributed by atoms with Crippen molar-refractivity contribution in [3.63, 3.8) is 0 Å². The summed E-state index contributed by atoms with van der Waals surface area (Å²) in [7, 11) is 0. The monoisotopic (exact) mass is 410 g/mol. The zero-order chi connectivity index (χ0) is 20.4. The van der Waals surface area contributed by atoms with Crippen molar-refractivity contribution in [1.82, 2.24) is 15.1 Å². The number of aromatic nitrogens is 2. The smallest absolute Gasteiger partial charge is 0.290 e. The van der Waals surface area contributed by atoms with E-state index in [1.165, 1.54) is 17.6 Å². The lowest BCUT2D eigenvalue weighted by molar-refractivity contribution is -0.121. The second-order valence-corrected chi connectivity index (χ2v) is 8.55. The average molecular weight is 410 g/mol. The summed E-state index contributed by atoms with van der Waals surface area (Å²) >= 11 is 1.37. The van der Waals surface area contributed by atoms with Gasteiger partial charge >= 0.3 is 0 Å². The maximum Gasteiger partial charge on any atom is 0.290 e.